The van der Waals surface area contributed by atoms with Gasteiger partial charge < -0.3 is 9.39 Å². The average molecular weight is 457 g/mol. The van der Waals surface area contributed by atoms with E-state index < -0.39 is 39.3 Å². The molecule has 31 heavy (non-hydrogen) atoms. The lowest BCUT2D eigenvalue weighted by Crippen LogP contribution is -2.36. The van der Waals surface area contributed by atoms with Crippen molar-refractivity contribution in [3.8, 4) is 0 Å². The number of hydrogen-bond donors (Lipinski definition) is 1. The number of nitrogens with zero attached hydrogens (tertiary/aromatic N) is 2. The van der Waals surface area contributed by atoms with Crippen LogP contribution in [0, 0.1) is 0 Å². The van der Waals surface area contributed by atoms with Crippen LogP contribution in [0.5, 0.6) is 0 Å². The molecule has 11 heteroatoms. The maximum absolute atomic E-state index is 11.9. The Morgan fingerprint density at radius 3 is 2.03 bits per heavy atom. The zero-order valence-corrected chi connectivity index (χ0v) is 18.1. The number of hydroxylamine groups is 2. The summed E-state index contributed by atoms with van der Waals surface area (Å²) in [6.45, 7) is 0.444. The molecule has 0 spiro atoms. The van der Waals surface area contributed by atoms with Crippen molar-refractivity contribution in [3.05, 3.63) is 12.2 Å². The minimum absolute atomic E-state index is 0.0343. The van der Waals surface area contributed by atoms with Crippen molar-refractivity contribution >= 4 is 45.3 Å². The Labute approximate surface area is 181 Å². The lowest BCUT2D eigenvalue weighted by atomic mass is 10.1. The molecule has 1 saturated heterocycles. The van der Waals surface area contributed by atoms with Gasteiger partial charge in [0.2, 0.25) is 0 Å². The summed E-state index contributed by atoms with van der Waals surface area (Å²) < 4.78 is 20.9. The molecule has 0 bridgehead atoms. The highest BCUT2D eigenvalue weighted by Gasteiger charge is 2.45. The van der Waals surface area contributed by atoms with E-state index in [1.54, 1.807) is 0 Å². The van der Waals surface area contributed by atoms with Gasteiger partial charge in [-0.15, -0.1) is 5.06 Å². The summed E-state index contributed by atoms with van der Waals surface area (Å²) in [6.07, 6.45) is 9.02. The van der Waals surface area contributed by atoms with Crippen molar-refractivity contribution in [2.75, 3.05) is 6.54 Å². The molecule has 0 aromatic carbocycles. The van der Waals surface area contributed by atoms with Gasteiger partial charge in [0, 0.05) is 25.1 Å². The van der Waals surface area contributed by atoms with Gasteiger partial charge in [0.1, 0.15) is 5.25 Å². The molecule has 0 radical (unpaired) electrons. The molecule has 0 saturated carbocycles. The van der Waals surface area contributed by atoms with E-state index in [9.17, 15) is 32.7 Å². The van der Waals surface area contributed by atoms with Crippen LogP contribution in [0.25, 0.3) is 0 Å². The SMILES string of the molecule is C=S(=O)(O)C1CC(=O)N(OC(=O)CCCCCCCCCCN2C(=O)C=CC2=O)C1=O. The standard InChI is InChI=1S/C20H28N2O8S/c1-31(28,29)15-14-18(25)22(20(15)27)30-19(26)10-8-6-4-2-3-5-7-9-13-21-16(23)11-12-17(21)24/h11-12,15H,1-10,13-14H2,(H,28,29). The molecule has 1 N–H and O–H groups in total. The van der Waals surface area contributed by atoms with Crippen molar-refractivity contribution in [3.63, 3.8) is 0 Å². The molecule has 0 aromatic rings. The predicted octanol–water partition coefficient (Wildman–Crippen LogP) is 1.20. The van der Waals surface area contributed by atoms with Crippen molar-refractivity contribution < 1.29 is 37.6 Å². The Bertz CT molecular complexity index is 846. The highest BCUT2D eigenvalue weighted by Crippen LogP contribution is 2.20. The second-order valence-corrected chi connectivity index (χ2v) is 9.56. The molecule has 0 aromatic heterocycles. The normalized spacial score (nSPS) is 20.6. The smallest absolute Gasteiger partial charge is 0.330 e. The van der Waals surface area contributed by atoms with Gasteiger partial charge in [-0.2, -0.15) is 0 Å². The Morgan fingerprint density at radius 2 is 1.52 bits per heavy atom. The fraction of sp³-hybridized carbons (Fsp3) is 0.600. The number of unbranched alkanes of at least 4 members (excludes halogenated alkanes) is 7. The lowest BCUT2D eigenvalue weighted by Gasteiger charge is -2.14. The molecule has 10 nitrogen and oxygen atoms in total. The zero-order valence-electron chi connectivity index (χ0n) is 17.3. The predicted molar refractivity (Wildman–Crippen MR) is 112 cm³/mol. The number of imide groups is 2. The molecular formula is C20H28N2O8S. The van der Waals surface area contributed by atoms with E-state index >= 15 is 0 Å². The molecule has 1 fully saturated rings. The van der Waals surface area contributed by atoms with E-state index in [0.717, 1.165) is 44.9 Å². The van der Waals surface area contributed by atoms with Gasteiger partial charge in [0.25, 0.3) is 23.6 Å². The summed E-state index contributed by atoms with van der Waals surface area (Å²) in [6, 6.07) is 0. The van der Waals surface area contributed by atoms with Crippen molar-refractivity contribution in [1.29, 1.82) is 0 Å². The van der Waals surface area contributed by atoms with E-state index in [0.29, 0.717) is 13.0 Å². The highest BCUT2D eigenvalue weighted by atomic mass is 32.2. The van der Waals surface area contributed by atoms with Gasteiger partial charge in [-0.3, -0.25) is 24.1 Å². The third-order valence-electron chi connectivity index (χ3n) is 5.11. The summed E-state index contributed by atoms with van der Waals surface area (Å²) in [5.74, 6) is -0.105. The van der Waals surface area contributed by atoms with Crippen LogP contribution in [0.4, 0.5) is 0 Å². The summed E-state index contributed by atoms with van der Waals surface area (Å²) in [5, 5.41) is -1.21. The van der Waals surface area contributed by atoms with E-state index in [2.05, 4.69) is 5.87 Å². The topological polar surface area (TPSA) is 138 Å². The number of carbonyl (C=O) groups excluding carboxylic acids is 5. The Kier molecular flexibility index (Phi) is 8.93. The van der Waals surface area contributed by atoms with Gasteiger partial charge in [-0.05, 0) is 18.7 Å². The monoisotopic (exact) mass is 456 g/mol. The molecule has 2 heterocycles. The first-order valence-electron chi connectivity index (χ1n) is 10.3. The summed E-state index contributed by atoms with van der Waals surface area (Å²) >= 11 is 0. The molecule has 2 unspecified atom stereocenters. The molecule has 2 rings (SSSR count). The fourth-order valence-electron chi connectivity index (χ4n) is 3.37. The maximum atomic E-state index is 11.9. The second-order valence-electron chi connectivity index (χ2n) is 7.61. The van der Waals surface area contributed by atoms with Gasteiger partial charge in [0.15, 0.2) is 0 Å². The minimum Gasteiger partial charge on any atom is -0.330 e. The van der Waals surface area contributed by atoms with Crippen molar-refractivity contribution in [2.24, 2.45) is 0 Å². The van der Waals surface area contributed by atoms with Gasteiger partial charge in [-0.1, -0.05) is 38.5 Å². The van der Waals surface area contributed by atoms with Crippen LogP contribution in [0.3, 0.4) is 0 Å². The fourth-order valence-corrected chi connectivity index (χ4v) is 4.18. The van der Waals surface area contributed by atoms with E-state index in [4.69, 9.17) is 4.84 Å². The van der Waals surface area contributed by atoms with Gasteiger partial charge in [0.05, 0.1) is 16.2 Å². The van der Waals surface area contributed by atoms with Crippen LogP contribution < -0.4 is 0 Å². The highest BCUT2D eigenvalue weighted by molar-refractivity contribution is 7.96. The summed E-state index contributed by atoms with van der Waals surface area (Å²) in [4.78, 5) is 64.3. The average Bonchev–Trinajstić information content (AvgIpc) is 3.16. The first kappa shape index (κ1) is 24.7. The second kappa shape index (κ2) is 11.2. The first-order valence-corrected chi connectivity index (χ1v) is 12.1. The number of carbonyl (C=O) groups is 5. The Hall–Kier alpha value is -2.53. The first-order chi connectivity index (χ1) is 14.6. The molecule has 2 atom stereocenters. The van der Waals surface area contributed by atoms with Crippen LogP contribution in [0.1, 0.15) is 64.2 Å². The number of rotatable bonds is 13. The van der Waals surface area contributed by atoms with E-state index in [-0.39, 0.29) is 23.3 Å². The summed E-state index contributed by atoms with van der Waals surface area (Å²) in [7, 11) is -3.74. The maximum Gasteiger partial charge on any atom is 0.333 e. The van der Waals surface area contributed by atoms with Crippen LogP contribution in [-0.4, -0.2) is 66.0 Å². The molecule has 172 valence electrons. The zero-order chi connectivity index (χ0) is 23.0. The molecular weight excluding hydrogens is 428 g/mol. The van der Waals surface area contributed by atoms with E-state index in [1.807, 2.05) is 0 Å². The van der Waals surface area contributed by atoms with Gasteiger partial charge in [-0.25, -0.2) is 9.00 Å². The third-order valence-corrected chi connectivity index (χ3v) is 6.37. The quantitative estimate of drug-likeness (QED) is 0.248. The molecule has 4 amide bonds. The number of amides is 4. The van der Waals surface area contributed by atoms with Crippen LogP contribution in [0.2, 0.25) is 0 Å². The van der Waals surface area contributed by atoms with Crippen LogP contribution in [-0.2, 0) is 38.6 Å². The van der Waals surface area contributed by atoms with Crippen molar-refractivity contribution in [2.45, 2.75) is 69.5 Å². The van der Waals surface area contributed by atoms with Crippen LogP contribution >= 0.6 is 0 Å². The molecule has 0 aliphatic carbocycles. The Balaban J connectivity index is 1.49. The Morgan fingerprint density at radius 1 is 1.00 bits per heavy atom. The number of hydrogen-bond acceptors (Lipinski definition) is 7. The lowest BCUT2D eigenvalue weighted by molar-refractivity contribution is -0.197. The van der Waals surface area contributed by atoms with Crippen molar-refractivity contribution in [1.82, 2.24) is 9.96 Å². The van der Waals surface area contributed by atoms with E-state index in [1.165, 1.54) is 17.1 Å². The largest absolute Gasteiger partial charge is 0.333 e. The molecule has 2 aliphatic heterocycles. The van der Waals surface area contributed by atoms with Crippen LogP contribution in [0.15, 0.2) is 12.2 Å². The minimum atomic E-state index is -3.74. The van der Waals surface area contributed by atoms with Gasteiger partial charge >= 0.3 is 5.97 Å². The molecule has 2 aliphatic rings. The third kappa shape index (κ3) is 7.28. The summed E-state index contributed by atoms with van der Waals surface area (Å²) in [5.41, 5.74) is 0.